The van der Waals surface area contributed by atoms with Crippen LogP contribution in [-0.4, -0.2) is 31.5 Å². The molecule has 1 aromatic rings. The first-order valence-electron chi connectivity index (χ1n) is 5.55. The lowest BCUT2D eigenvalue weighted by Gasteiger charge is -2.09. The molecule has 0 spiro atoms. The van der Waals surface area contributed by atoms with Gasteiger partial charge in [0.05, 0.1) is 6.54 Å². The fourth-order valence-corrected chi connectivity index (χ4v) is 1.73. The average molecular weight is 281 g/mol. The number of carbonyl (C=O) groups is 2. The summed E-state index contributed by atoms with van der Waals surface area (Å²) in [6.07, 6.45) is 2.37. The number of carbonyl (C=O) groups excluding carboxylic acids is 2. The zero-order valence-corrected chi connectivity index (χ0v) is 11.4. The predicted octanol–water partition coefficient (Wildman–Crippen LogP) is 2.23. The van der Waals surface area contributed by atoms with Crippen molar-refractivity contribution in [2.45, 2.75) is 4.90 Å². The Labute approximate surface area is 116 Å². The zero-order valence-electron chi connectivity index (χ0n) is 10.5. The number of hydrogen-bond donors (Lipinski definition) is 1. The second-order valence-electron chi connectivity index (χ2n) is 3.34. The number of esters is 1. The predicted molar refractivity (Wildman–Crippen MR) is 73.4 cm³/mol. The summed E-state index contributed by atoms with van der Waals surface area (Å²) in [7, 11) is 0. The smallest absolute Gasteiger partial charge is 0.412 e. The highest BCUT2D eigenvalue weighted by Gasteiger charge is 2.07. The van der Waals surface area contributed by atoms with Gasteiger partial charge in [0, 0.05) is 11.0 Å². The van der Waals surface area contributed by atoms with Gasteiger partial charge in [0.1, 0.15) is 12.4 Å². The van der Waals surface area contributed by atoms with Crippen LogP contribution in [0.4, 0.5) is 4.79 Å². The summed E-state index contributed by atoms with van der Waals surface area (Å²) in [5.74, 6) is -0.0292. The monoisotopic (exact) mass is 281 g/mol. The maximum absolute atomic E-state index is 11.5. The molecule has 0 heterocycles. The van der Waals surface area contributed by atoms with Gasteiger partial charge < -0.3 is 14.8 Å². The van der Waals surface area contributed by atoms with E-state index in [4.69, 9.17) is 9.47 Å². The number of ether oxygens (including phenoxy) is 2. The highest BCUT2D eigenvalue weighted by atomic mass is 32.2. The zero-order chi connectivity index (χ0) is 14.1. The Kier molecular flexibility index (Phi) is 6.52. The van der Waals surface area contributed by atoms with Crippen molar-refractivity contribution >= 4 is 23.8 Å². The number of nitrogens with one attached hydrogen (secondary N) is 1. The first-order chi connectivity index (χ1) is 9.17. The molecule has 0 aliphatic rings. The molecule has 0 atom stereocenters. The van der Waals surface area contributed by atoms with Crippen LogP contribution >= 0.6 is 11.8 Å². The van der Waals surface area contributed by atoms with E-state index in [-0.39, 0.29) is 13.2 Å². The Balaban J connectivity index is 2.35. The van der Waals surface area contributed by atoms with Crippen molar-refractivity contribution in [1.82, 2.24) is 5.32 Å². The Hall–Kier alpha value is -1.95. The van der Waals surface area contributed by atoms with E-state index in [0.717, 1.165) is 11.0 Å². The Morgan fingerprint density at radius 3 is 2.84 bits per heavy atom. The quantitative estimate of drug-likeness (QED) is 0.375. The lowest BCUT2D eigenvalue weighted by atomic mass is 10.3. The second-order valence-corrected chi connectivity index (χ2v) is 4.19. The van der Waals surface area contributed by atoms with Gasteiger partial charge in [-0.15, -0.1) is 11.8 Å². The molecule has 0 aliphatic carbocycles. The van der Waals surface area contributed by atoms with E-state index in [1.165, 1.54) is 11.8 Å². The lowest BCUT2D eigenvalue weighted by Crippen LogP contribution is -2.30. The van der Waals surface area contributed by atoms with Gasteiger partial charge in [0.15, 0.2) is 0 Å². The Bertz CT molecular complexity index is 462. The summed E-state index contributed by atoms with van der Waals surface area (Å²) in [6.45, 7) is 3.51. The number of amides is 1. The minimum absolute atomic E-state index is 0.0735. The van der Waals surface area contributed by atoms with Crippen molar-refractivity contribution in [2.75, 3.05) is 19.4 Å². The number of rotatable bonds is 6. The van der Waals surface area contributed by atoms with Crippen LogP contribution in [0.15, 0.2) is 41.8 Å². The van der Waals surface area contributed by atoms with Crippen molar-refractivity contribution in [3.8, 4) is 5.75 Å². The number of thioether (sulfide) groups is 1. The van der Waals surface area contributed by atoms with E-state index >= 15 is 0 Å². The molecule has 1 rings (SSSR count). The molecule has 0 fully saturated rings. The molecule has 5 nitrogen and oxygen atoms in total. The fourth-order valence-electron chi connectivity index (χ4n) is 1.20. The maximum atomic E-state index is 11.5. The largest absolute Gasteiger partial charge is 0.461 e. The van der Waals surface area contributed by atoms with Crippen LogP contribution in [0.5, 0.6) is 5.75 Å². The SMILES string of the molecule is C=CC(=O)OCCNC(=O)Oc1ccccc1SC. The average Bonchev–Trinajstić information content (AvgIpc) is 2.43. The van der Waals surface area contributed by atoms with Crippen LogP contribution in [0.1, 0.15) is 0 Å². The molecule has 0 bridgehead atoms. The summed E-state index contributed by atoms with van der Waals surface area (Å²) in [6, 6.07) is 7.22. The van der Waals surface area contributed by atoms with Gasteiger partial charge in [-0.2, -0.15) is 0 Å². The van der Waals surface area contributed by atoms with Crippen LogP contribution in [-0.2, 0) is 9.53 Å². The standard InChI is InChI=1S/C13H15NO4S/c1-3-12(15)17-9-8-14-13(16)18-10-6-4-5-7-11(10)19-2/h3-7H,1,8-9H2,2H3,(H,14,16). The van der Waals surface area contributed by atoms with E-state index in [1.54, 1.807) is 12.1 Å². The van der Waals surface area contributed by atoms with Gasteiger partial charge in [-0.05, 0) is 18.4 Å². The van der Waals surface area contributed by atoms with Crippen molar-refractivity contribution in [3.63, 3.8) is 0 Å². The molecule has 1 aromatic carbocycles. The molecule has 0 saturated heterocycles. The first kappa shape index (κ1) is 15.1. The molecular weight excluding hydrogens is 266 g/mol. The van der Waals surface area contributed by atoms with Gasteiger partial charge in [-0.25, -0.2) is 9.59 Å². The molecule has 1 N–H and O–H groups in total. The van der Waals surface area contributed by atoms with Crippen LogP contribution < -0.4 is 10.1 Å². The highest BCUT2D eigenvalue weighted by molar-refractivity contribution is 7.98. The van der Waals surface area contributed by atoms with E-state index in [2.05, 4.69) is 11.9 Å². The minimum atomic E-state index is -0.587. The molecule has 0 aromatic heterocycles. The third-order valence-electron chi connectivity index (χ3n) is 2.05. The van der Waals surface area contributed by atoms with Gasteiger partial charge in [0.2, 0.25) is 0 Å². The second kappa shape index (κ2) is 8.20. The third kappa shape index (κ3) is 5.48. The third-order valence-corrected chi connectivity index (χ3v) is 2.83. The first-order valence-corrected chi connectivity index (χ1v) is 6.77. The van der Waals surface area contributed by atoms with Crippen LogP contribution in [0.2, 0.25) is 0 Å². The topological polar surface area (TPSA) is 64.6 Å². The number of hydrogen-bond acceptors (Lipinski definition) is 5. The summed E-state index contributed by atoms with van der Waals surface area (Å²) < 4.78 is 9.84. The summed E-state index contributed by atoms with van der Waals surface area (Å²) in [4.78, 5) is 23.1. The molecule has 0 aliphatic heterocycles. The van der Waals surface area contributed by atoms with Crippen LogP contribution in [0, 0.1) is 0 Å². The van der Waals surface area contributed by atoms with E-state index in [0.29, 0.717) is 5.75 Å². The minimum Gasteiger partial charge on any atom is -0.461 e. The van der Waals surface area contributed by atoms with Crippen molar-refractivity contribution in [1.29, 1.82) is 0 Å². The van der Waals surface area contributed by atoms with Gasteiger partial charge >= 0.3 is 12.1 Å². The molecule has 1 amide bonds. The van der Waals surface area contributed by atoms with Gasteiger partial charge in [-0.1, -0.05) is 18.7 Å². The van der Waals surface area contributed by atoms with Crippen molar-refractivity contribution in [2.24, 2.45) is 0 Å². The summed E-state index contributed by atoms with van der Waals surface area (Å²) >= 11 is 1.49. The van der Waals surface area contributed by atoms with Gasteiger partial charge in [-0.3, -0.25) is 0 Å². The highest BCUT2D eigenvalue weighted by Crippen LogP contribution is 2.26. The van der Waals surface area contributed by atoms with E-state index < -0.39 is 12.1 Å². The van der Waals surface area contributed by atoms with Crippen molar-refractivity contribution < 1.29 is 19.1 Å². The fraction of sp³-hybridized carbons (Fsp3) is 0.231. The van der Waals surface area contributed by atoms with Crippen LogP contribution in [0.25, 0.3) is 0 Å². The molecule has 6 heteroatoms. The van der Waals surface area contributed by atoms with Crippen LogP contribution in [0.3, 0.4) is 0 Å². The van der Waals surface area contributed by atoms with E-state index in [1.807, 2.05) is 18.4 Å². The summed E-state index contributed by atoms with van der Waals surface area (Å²) in [5, 5.41) is 2.48. The Morgan fingerprint density at radius 1 is 1.42 bits per heavy atom. The normalized spacial score (nSPS) is 9.53. The molecule has 102 valence electrons. The molecular formula is C13H15NO4S. The molecule has 0 saturated carbocycles. The molecule has 0 unspecified atom stereocenters. The molecule has 19 heavy (non-hydrogen) atoms. The maximum Gasteiger partial charge on any atom is 0.412 e. The van der Waals surface area contributed by atoms with E-state index in [9.17, 15) is 9.59 Å². The number of para-hydroxylation sites is 1. The van der Waals surface area contributed by atoms with Gasteiger partial charge in [0.25, 0.3) is 0 Å². The lowest BCUT2D eigenvalue weighted by molar-refractivity contribution is -0.137. The Morgan fingerprint density at radius 2 is 2.16 bits per heavy atom. The number of benzene rings is 1. The van der Waals surface area contributed by atoms with Crippen molar-refractivity contribution in [3.05, 3.63) is 36.9 Å². The molecule has 0 radical (unpaired) electrons. The summed E-state index contributed by atoms with van der Waals surface area (Å²) in [5.41, 5.74) is 0.